The normalized spacial score (nSPS) is 10.6. The molecule has 0 amide bonds. The van der Waals surface area contributed by atoms with E-state index in [-0.39, 0.29) is 12.6 Å². The Balaban J connectivity index is 2.48. The van der Waals surface area contributed by atoms with Crippen LogP contribution in [0.15, 0.2) is 28.7 Å². The summed E-state index contributed by atoms with van der Waals surface area (Å²) < 4.78 is 11.1. The van der Waals surface area contributed by atoms with Gasteiger partial charge in [0.15, 0.2) is 4.71 Å². The number of rotatable bonds is 5. The van der Waals surface area contributed by atoms with Crippen molar-refractivity contribution in [1.82, 2.24) is 0 Å². The second kappa shape index (κ2) is 6.72. The molecular formula is C16H19NO3S. The number of benzene rings is 1. The molecule has 0 unspecified atom stereocenters. The molecule has 0 saturated heterocycles. The van der Waals surface area contributed by atoms with Crippen LogP contribution in [0.3, 0.4) is 0 Å². The van der Waals surface area contributed by atoms with Crippen LogP contribution in [-0.2, 0) is 16.1 Å². The average Bonchev–Trinajstić information content (AvgIpc) is 2.45. The third kappa shape index (κ3) is 3.61. The molecule has 5 heteroatoms. The van der Waals surface area contributed by atoms with Crippen LogP contribution in [0.1, 0.15) is 26.3 Å². The highest BCUT2D eigenvalue weighted by Crippen LogP contribution is 2.26. The largest absolute Gasteiger partial charge is 0.461 e. The summed E-state index contributed by atoms with van der Waals surface area (Å²) >= 11 is 5.15. The summed E-state index contributed by atoms with van der Waals surface area (Å²) in [4.78, 5) is 13.2. The average molecular weight is 305 g/mol. The Hall–Kier alpha value is -1.88. The minimum atomic E-state index is -0.311. The van der Waals surface area contributed by atoms with Gasteiger partial charge in [-0.15, -0.1) is 0 Å². The molecule has 0 aliphatic heterocycles. The molecule has 21 heavy (non-hydrogen) atoms. The third-order valence-electron chi connectivity index (χ3n) is 3.37. The molecule has 0 aliphatic carbocycles. The number of hydrogen-bond donors (Lipinski definition) is 0. The lowest BCUT2D eigenvalue weighted by Crippen LogP contribution is -2.21. The van der Waals surface area contributed by atoms with Crippen molar-refractivity contribution in [2.75, 3.05) is 18.0 Å². The zero-order valence-corrected chi connectivity index (χ0v) is 13.3. The maximum absolute atomic E-state index is 11.0. The summed E-state index contributed by atoms with van der Waals surface area (Å²) in [5, 5.41) is 0.917. The quantitative estimate of drug-likeness (QED) is 0.615. The summed E-state index contributed by atoms with van der Waals surface area (Å²) in [6.45, 7) is 7.67. The van der Waals surface area contributed by atoms with Gasteiger partial charge < -0.3 is 14.1 Å². The Morgan fingerprint density at radius 1 is 1.29 bits per heavy atom. The van der Waals surface area contributed by atoms with E-state index in [2.05, 4.69) is 18.7 Å². The van der Waals surface area contributed by atoms with Gasteiger partial charge in [-0.1, -0.05) is 0 Å². The van der Waals surface area contributed by atoms with E-state index in [0.717, 1.165) is 29.7 Å². The van der Waals surface area contributed by atoms with Crippen LogP contribution in [0.4, 0.5) is 5.69 Å². The van der Waals surface area contributed by atoms with Crippen molar-refractivity contribution in [2.24, 2.45) is 0 Å². The Bertz CT molecular complexity index is 704. The first-order valence-corrected chi connectivity index (χ1v) is 7.41. The van der Waals surface area contributed by atoms with Crippen molar-refractivity contribution in [3.63, 3.8) is 0 Å². The van der Waals surface area contributed by atoms with Crippen LogP contribution < -0.4 is 4.90 Å². The van der Waals surface area contributed by atoms with Gasteiger partial charge in [-0.3, -0.25) is 4.79 Å². The van der Waals surface area contributed by atoms with Crippen molar-refractivity contribution in [3.8, 4) is 0 Å². The maximum Gasteiger partial charge on any atom is 0.302 e. The van der Waals surface area contributed by atoms with E-state index in [1.807, 2.05) is 18.2 Å². The number of carbonyl (C=O) groups is 1. The number of anilines is 1. The molecule has 112 valence electrons. The fourth-order valence-corrected chi connectivity index (χ4v) is 2.53. The standard InChI is InChI=1S/C16H19NO3S/c1-4-17(5-2)13-6-7-14-12(10-19-11(3)18)8-16(21)20-15(14)9-13/h6-9H,4-5,10H2,1-3H3. The second-order valence-electron chi connectivity index (χ2n) is 4.72. The monoisotopic (exact) mass is 305 g/mol. The molecule has 0 spiro atoms. The van der Waals surface area contributed by atoms with Gasteiger partial charge in [0, 0.05) is 42.7 Å². The van der Waals surface area contributed by atoms with Crippen molar-refractivity contribution in [3.05, 3.63) is 34.5 Å². The van der Waals surface area contributed by atoms with Crippen LogP contribution in [0.2, 0.25) is 0 Å². The highest BCUT2D eigenvalue weighted by atomic mass is 32.1. The van der Waals surface area contributed by atoms with Crippen LogP contribution in [0.25, 0.3) is 11.0 Å². The smallest absolute Gasteiger partial charge is 0.302 e. The SMILES string of the molecule is CCN(CC)c1ccc2c(COC(C)=O)cc(=S)oc2c1. The first kappa shape index (κ1) is 15.5. The van der Waals surface area contributed by atoms with E-state index in [0.29, 0.717) is 10.3 Å². The highest BCUT2D eigenvalue weighted by Gasteiger charge is 2.09. The molecule has 0 N–H and O–H groups in total. The minimum absolute atomic E-state index is 0.205. The summed E-state index contributed by atoms with van der Waals surface area (Å²) in [5.41, 5.74) is 2.67. The number of hydrogen-bond acceptors (Lipinski definition) is 5. The molecule has 1 heterocycles. The second-order valence-corrected chi connectivity index (χ2v) is 5.13. The topological polar surface area (TPSA) is 42.7 Å². The molecule has 0 fully saturated rings. The molecule has 0 bridgehead atoms. The Morgan fingerprint density at radius 2 is 2.00 bits per heavy atom. The van der Waals surface area contributed by atoms with Gasteiger partial charge in [0.05, 0.1) is 0 Å². The summed E-state index contributed by atoms with van der Waals surface area (Å²) in [5.74, 6) is -0.311. The molecule has 2 aromatic rings. The van der Waals surface area contributed by atoms with Gasteiger partial charge in [-0.2, -0.15) is 0 Å². The lowest BCUT2D eigenvalue weighted by molar-refractivity contribution is -0.142. The van der Waals surface area contributed by atoms with E-state index in [9.17, 15) is 4.79 Å². The van der Waals surface area contributed by atoms with Crippen LogP contribution in [0, 0.1) is 4.71 Å². The van der Waals surface area contributed by atoms with Crippen molar-refractivity contribution in [1.29, 1.82) is 0 Å². The third-order valence-corrected chi connectivity index (χ3v) is 3.57. The predicted octanol–water partition coefficient (Wildman–Crippen LogP) is 4.07. The fraction of sp³-hybridized carbons (Fsp3) is 0.375. The lowest BCUT2D eigenvalue weighted by atomic mass is 10.1. The number of esters is 1. The Kier molecular flexibility index (Phi) is 4.96. The van der Waals surface area contributed by atoms with Gasteiger partial charge in [-0.25, -0.2) is 0 Å². The highest BCUT2D eigenvalue weighted by molar-refractivity contribution is 7.71. The van der Waals surface area contributed by atoms with Gasteiger partial charge in [0.25, 0.3) is 0 Å². The van der Waals surface area contributed by atoms with E-state index in [1.165, 1.54) is 6.92 Å². The van der Waals surface area contributed by atoms with Crippen molar-refractivity contribution >= 4 is 34.8 Å². The van der Waals surface area contributed by atoms with Gasteiger partial charge >= 0.3 is 5.97 Å². The first-order valence-electron chi connectivity index (χ1n) is 7.00. The summed E-state index contributed by atoms with van der Waals surface area (Å²) in [6, 6.07) is 7.75. The predicted molar refractivity (Wildman–Crippen MR) is 86.1 cm³/mol. The fourth-order valence-electron chi connectivity index (χ4n) is 2.30. The van der Waals surface area contributed by atoms with Gasteiger partial charge in [0.1, 0.15) is 12.2 Å². The van der Waals surface area contributed by atoms with E-state index < -0.39 is 0 Å². The number of nitrogens with zero attached hydrogens (tertiary/aromatic N) is 1. The number of ether oxygens (including phenoxy) is 1. The number of carbonyl (C=O) groups excluding carboxylic acids is 1. The molecule has 0 radical (unpaired) electrons. The van der Waals surface area contributed by atoms with E-state index >= 15 is 0 Å². The zero-order valence-electron chi connectivity index (χ0n) is 12.5. The van der Waals surface area contributed by atoms with Crippen molar-refractivity contribution in [2.45, 2.75) is 27.4 Å². The molecule has 2 rings (SSSR count). The van der Waals surface area contributed by atoms with Crippen LogP contribution in [-0.4, -0.2) is 19.1 Å². The maximum atomic E-state index is 11.0. The molecular weight excluding hydrogens is 286 g/mol. The Morgan fingerprint density at radius 3 is 2.62 bits per heavy atom. The molecule has 0 aliphatic rings. The molecule has 4 nitrogen and oxygen atoms in total. The van der Waals surface area contributed by atoms with Gasteiger partial charge in [-0.05, 0) is 44.3 Å². The van der Waals surface area contributed by atoms with E-state index in [4.69, 9.17) is 21.4 Å². The molecule has 0 atom stereocenters. The van der Waals surface area contributed by atoms with Gasteiger partial charge in [0.2, 0.25) is 0 Å². The zero-order chi connectivity index (χ0) is 15.4. The molecule has 0 saturated carbocycles. The first-order chi connectivity index (χ1) is 10.0. The summed E-state index contributed by atoms with van der Waals surface area (Å²) in [6.07, 6.45) is 0. The van der Waals surface area contributed by atoms with E-state index in [1.54, 1.807) is 6.07 Å². The number of fused-ring (bicyclic) bond motifs is 1. The Labute approximate surface area is 129 Å². The molecule has 1 aromatic carbocycles. The summed E-state index contributed by atoms with van der Waals surface area (Å²) in [7, 11) is 0. The van der Waals surface area contributed by atoms with Crippen LogP contribution >= 0.6 is 12.2 Å². The minimum Gasteiger partial charge on any atom is -0.461 e. The lowest BCUT2D eigenvalue weighted by Gasteiger charge is -2.21. The molecule has 1 aromatic heterocycles. The van der Waals surface area contributed by atoms with Crippen molar-refractivity contribution < 1.29 is 13.9 Å². The van der Waals surface area contributed by atoms with Crippen LogP contribution in [0.5, 0.6) is 0 Å².